The van der Waals surface area contributed by atoms with Crippen LogP contribution in [0.25, 0.3) is 0 Å². The van der Waals surface area contributed by atoms with Crippen LogP contribution in [0.4, 0.5) is 0 Å². The molecule has 1 aromatic heterocycles. The first kappa shape index (κ1) is 17.9. The van der Waals surface area contributed by atoms with Gasteiger partial charge in [-0.3, -0.25) is 14.7 Å². The topological polar surface area (TPSA) is 36.4 Å². The number of rotatable bonds is 4. The van der Waals surface area contributed by atoms with E-state index in [-0.39, 0.29) is 12.0 Å². The molecule has 2 aromatic rings. The highest BCUT2D eigenvalue weighted by Crippen LogP contribution is 2.46. The summed E-state index contributed by atoms with van der Waals surface area (Å²) in [5.41, 5.74) is 2.64. The summed E-state index contributed by atoms with van der Waals surface area (Å²) in [5, 5.41) is 0. The summed E-state index contributed by atoms with van der Waals surface area (Å²) in [4.78, 5) is 22.3. The van der Waals surface area contributed by atoms with E-state index in [0.29, 0.717) is 17.7 Å². The molecule has 3 fully saturated rings. The lowest BCUT2D eigenvalue weighted by Crippen LogP contribution is -2.38. The van der Waals surface area contributed by atoms with Crippen LogP contribution in [0.3, 0.4) is 0 Å². The van der Waals surface area contributed by atoms with Crippen LogP contribution in [0.1, 0.15) is 42.9 Å². The molecule has 4 nitrogen and oxygen atoms in total. The smallest absolute Gasteiger partial charge is 0.226 e. The van der Waals surface area contributed by atoms with Crippen LogP contribution in [0.5, 0.6) is 0 Å². The highest BCUT2D eigenvalue weighted by Gasteiger charge is 2.49. The molecule has 0 unspecified atom stereocenters. The van der Waals surface area contributed by atoms with Gasteiger partial charge in [-0.15, -0.1) is 0 Å². The Balaban J connectivity index is 1.37. The summed E-state index contributed by atoms with van der Waals surface area (Å²) in [7, 11) is 0. The highest BCUT2D eigenvalue weighted by atomic mass is 16.2. The van der Waals surface area contributed by atoms with Crippen LogP contribution >= 0.6 is 0 Å². The lowest BCUT2D eigenvalue weighted by atomic mass is 9.89. The highest BCUT2D eigenvalue weighted by molar-refractivity contribution is 5.80. The largest absolute Gasteiger partial charge is 0.335 e. The molecule has 146 valence electrons. The van der Waals surface area contributed by atoms with E-state index in [1.165, 1.54) is 24.0 Å². The number of nitrogens with zero attached hydrogens (tertiary/aromatic N) is 3. The predicted octanol–water partition coefficient (Wildman–Crippen LogP) is 3.90. The number of likely N-dealkylation sites (tertiary alicyclic amines) is 2. The minimum absolute atomic E-state index is 0.238. The lowest BCUT2D eigenvalue weighted by Gasteiger charge is -2.32. The van der Waals surface area contributed by atoms with Crippen molar-refractivity contribution >= 4 is 5.91 Å². The zero-order chi connectivity index (χ0) is 18.9. The van der Waals surface area contributed by atoms with Gasteiger partial charge >= 0.3 is 0 Å². The Kier molecular flexibility index (Phi) is 4.89. The van der Waals surface area contributed by atoms with Gasteiger partial charge in [0, 0.05) is 50.4 Å². The molecule has 3 aliphatic rings. The van der Waals surface area contributed by atoms with Crippen molar-refractivity contribution < 1.29 is 4.79 Å². The number of fused-ring (bicyclic) bond motifs is 1. The van der Waals surface area contributed by atoms with E-state index >= 15 is 0 Å². The van der Waals surface area contributed by atoms with Crippen molar-refractivity contribution in [2.24, 2.45) is 17.8 Å². The Morgan fingerprint density at radius 1 is 0.964 bits per heavy atom. The minimum Gasteiger partial charge on any atom is -0.335 e. The third kappa shape index (κ3) is 3.35. The molecule has 4 heteroatoms. The average Bonchev–Trinajstić information content (AvgIpc) is 3.45. The molecule has 1 amide bonds. The molecule has 2 saturated heterocycles. The second-order valence-corrected chi connectivity index (χ2v) is 8.80. The standard InChI is InChI=1S/C24H29N3O/c28-24(20-8-4-5-9-20)27-16-21-15-26(14-18-10-12-25-13-11-18)17-22(21)23(27)19-6-2-1-3-7-19/h1-3,6-7,10-13,20-23H,4-5,8-9,14-17H2/t21-,22-,23+/m0/s1. The molecule has 5 rings (SSSR count). The van der Waals surface area contributed by atoms with Gasteiger partial charge in [0.2, 0.25) is 5.91 Å². The van der Waals surface area contributed by atoms with Crippen molar-refractivity contribution in [1.82, 2.24) is 14.8 Å². The van der Waals surface area contributed by atoms with Crippen LogP contribution in [0, 0.1) is 17.8 Å². The van der Waals surface area contributed by atoms with Crippen molar-refractivity contribution in [3.63, 3.8) is 0 Å². The van der Waals surface area contributed by atoms with Gasteiger partial charge < -0.3 is 4.90 Å². The van der Waals surface area contributed by atoms with E-state index in [0.717, 1.165) is 39.0 Å². The number of pyridine rings is 1. The van der Waals surface area contributed by atoms with E-state index < -0.39 is 0 Å². The van der Waals surface area contributed by atoms with Gasteiger partial charge in [-0.1, -0.05) is 43.2 Å². The van der Waals surface area contributed by atoms with Crippen molar-refractivity contribution in [3.05, 3.63) is 66.0 Å². The van der Waals surface area contributed by atoms with Gasteiger partial charge in [-0.2, -0.15) is 0 Å². The third-order valence-electron chi connectivity index (χ3n) is 7.02. The number of hydrogen-bond acceptors (Lipinski definition) is 3. The summed E-state index contributed by atoms with van der Waals surface area (Å²) in [6, 6.07) is 15.2. The predicted molar refractivity (Wildman–Crippen MR) is 109 cm³/mol. The fourth-order valence-corrected chi connectivity index (χ4v) is 5.72. The summed E-state index contributed by atoms with van der Waals surface area (Å²) < 4.78 is 0. The zero-order valence-electron chi connectivity index (χ0n) is 16.4. The van der Waals surface area contributed by atoms with E-state index in [9.17, 15) is 4.79 Å². The number of hydrogen-bond donors (Lipinski definition) is 0. The van der Waals surface area contributed by atoms with Crippen LogP contribution in [-0.2, 0) is 11.3 Å². The van der Waals surface area contributed by atoms with Crippen LogP contribution < -0.4 is 0 Å². The van der Waals surface area contributed by atoms with Crippen LogP contribution in [0.15, 0.2) is 54.9 Å². The summed E-state index contributed by atoms with van der Waals surface area (Å²) in [6.45, 7) is 4.06. The molecule has 28 heavy (non-hydrogen) atoms. The van der Waals surface area contributed by atoms with Crippen molar-refractivity contribution in [2.45, 2.75) is 38.3 Å². The first-order valence-corrected chi connectivity index (χ1v) is 10.8. The number of benzene rings is 1. The molecular weight excluding hydrogens is 346 g/mol. The Labute approximate surface area is 167 Å². The molecular formula is C24H29N3O. The second-order valence-electron chi connectivity index (χ2n) is 8.80. The van der Waals surface area contributed by atoms with E-state index in [4.69, 9.17) is 0 Å². The Morgan fingerprint density at radius 3 is 2.46 bits per heavy atom. The molecule has 1 aromatic carbocycles. The Bertz CT molecular complexity index is 803. The normalized spacial score (nSPS) is 28.0. The molecule has 1 saturated carbocycles. The van der Waals surface area contributed by atoms with Crippen LogP contribution in [-0.4, -0.2) is 40.3 Å². The van der Waals surface area contributed by atoms with E-state index in [1.54, 1.807) is 0 Å². The molecule has 0 spiro atoms. The summed E-state index contributed by atoms with van der Waals surface area (Å²) in [5.74, 6) is 1.80. The van der Waals surface area contributed by atoms with Gasteiger partial charge in [-0.05, 0) is 42.0 Å². The second kappa shape index (κ2) is 7.67. The van der Waals surface area contributed by atoms with Crippen LogP contribution in [0.2, 0.25) is 0 Å². The maximum Gasteiger partial charge on any atom is 0.226 e. The Morgan fingerprint density at radius 2 is 1.71 bits per heavy atom. The van der Waals surface area contributed by atoms with Crippen molar-refractivity contribution in [1.29, 1.82) is 0 Å². The molecule has 3 atom stereocenters. The molecule has 0 radical (unpaired) electrons. The first-order valence-electron chi connectivity index (χ1n) is 10.8. The molecule has 0 bridgehead atoms. The monoisotopic (exact) mass is 375 g/mol. The maximum atomic E-state index is 13.3. The van der Waals surface area contributed by atoms with E-state index in [1.807, 2.05) is 12.4 Å². The molecule has 1 aliphatic carbocycles. The number of carbonyl (C=O) groups is 1. The van der Waals surface area contributed by atoms with Gasteiger partial charge in [0.25, 0.3) is 0 Å². The SMILES string of the molecule is O=C(C1CCCC1)N1C[C@@H]2CN(Cc3ccncc3)C[C@@H]2[C@H]1c1ccccc1. The van der Waals surface area contributed by atoms with Crippen molar-refractivity contribution in [3.8, 4) is 0 Å². The maximum absolute atomic E-state index is 13.3. The van der Waals surface area contributed by atoms with E-state index in [2.05, 4.69) is 57.2 Å². The average molecular weight is 376 g/mol. The Hall–Kier alpha value is -2.20. The van der Waals surface area contributed by atoms with Gasteiger partial charge in [0.15, 0.2) is 0 Å². The number of amides is 1. The number of carbonyl (C=O) groups excluding carboxylic acids is 1. The van der Waals surface area contributed by atoms with Gasteiger partial charge in [0.05, 0.1) is 6.04 Å². The molecule has 2 aliphatic heterocycles. The fraction of sp³-hybridized carbons (Fsp3) is 0.500. The quantitative estimate of drug-likeness (QED) is 0.813. The van der Waals surface area contributed by atoms with Gasteiger partial charge in [0.1, 0.15) is 0 Å². The number of aromatic nitrogens is 1. The summed E-state index contributed by atoms with van der Waals surface area (Å²) >= 11 is 0. The third-order valence-corrected chi connectivity index (χ3v) is 7.02. The lowest BCUT2D eigenvalue weighted by molar-refractivity contribution is -0.137. The first-order chi connectivity index (χ1) is 13.8. The minimum atomic E-state index is 0.238. The fourth-order valence-electron chi connectivity index (χ4n) is 5.72. The zero-order valence-corrected chi connectivity index (χ0v) is 16.4. The van der Waals surface area contributed by atoms with Gasteiger partial charge in [-0.25, -0.2) is 0 Å². The van der Waals surface area contributed by atoms with Crippen molar-refractivity contribution in [2.75, 3.05) is 19.6 Å². The summed E-state index contributed by atoms with van der Waals surface area (Å²) in [6.07, 6.45) is 8.35. The molecule has 3 heterocycles. The molecule has 0 N–H and O–H groups in total.